The molecule has 2 aliphatic rings. The van der Waals surface area contributed by atoms with Gasteiger partial charge in [0.05, 0.1) is 11.0 Å². The molecule has 0 aromatic heterocycles. The van der Waals surface area contributed by atoms with E-state index in [4.69, 9.17) is 0 Å². The molecule has 2 fully saturated rings. The van der Waals surface area contributed by atoms with E-state index in [2.05, 4.69) is 0 Å². The Morgan fingerprint density at radius 2 is 2.00 bits per heavy atom. The summed E-state index contributed by atoms with van der Waals surface area (Å²) in [6.07, 6.45) is 3.70. The van der Waals surface area contributed by atoms with Crippen LogP contribution in [0.1, 0.15) is 32.1 Å². The second-order valence-corrected chi connectivity index (χ2v) is 7.84. The van der Waals surface area contributed by atoms with E-state index >= 15 is 0 Å². The fourth-order valence-corrected chi connectivity index (χ4v) is 5.44. The van der Waals surface area contributed by atoms with Crippen LogP contribution in [0.3, 0.4) is 0 Å². The van der Waals surface area contributed by atoms with E-state index in [0.29, 0.717) is 6.54 Å². The summed E-state index contributed by atoms with van der Waals surface area (Å²) in [5.41, 5.74) is 0. The van der Waals surface area contributed by atoms with Gasteiger partial charge in [-0.3, -0.25) is 0 Å². The average Bonchev–Trinajstić information content (AvgIpc) is 3.07. The molecule has 116 valence electrons. The summed E-state index contributed by atoms with van der Waals surface area (Å²) in [6.45, 7) is 0.451. The molecule has 0 spiro atoms. The molecule has 3 atom stereocenters. The Balaban J connectivity index is 1.90. The van der Waals surface area contributed by atoms with Crippen LogP contribution in [0.25, 0.3) is 0 Å². The van der Waals surface area contributed by atoms with Crippen LogP contribution in [0.4, 0.5) is 4.39 Å². The maximum Gasteiger partial charge on any atom is 0.243 e. The zero-order valence-corrected chi connectivity index (χ0v) is 12.6. The zero-order valence-electron chi connectivity index (χ0n) is 11.8. The lowest BCUT2D eigenvalue weighted by atomic mass is 9.95. The van der Waals surface area contributed by atoms with Gasteiger partial charge in [0, 0.05) is 18.5 Å². The van der Waals surface area contributed by atoms with Gasteiger partial charge in [-0.05, 0) is 43.9 Å². The Labute approximate surface area is 124 Å². The smallest absolute Gasteiger partial charge is 0.243 e. The van der Waals surface area contributed by atoms with Gasteiger partial charge >= 0.3 is 0 Å². The molecule has 0 radical (unpaired) electrons. The lowest BCUT2D eigenvalue weighted by Gasteiger charge is -2.30. The zero-order chi connectivity index (χ0) is 15.0. The molecule has 1 saturated heterocycles. The molecule has 4 nitrogen and oxygen atoms in total. The summed E-state index contributed by atoms with van der Waals surface area (Å²) in [5.74, 6) is -0.538. The molecule has 3 unspecified atom stereocenters. The molecule has 1 saturated carbocycles. The summed E-state index contributed by atoms with van der Waals surface area (Å²) in [4.78, 5) is 0.00175. The predicted molar refractivity (Wildman–Crippen MR) is 76.7 cm³/mol. The number of aliphatic hydroxyl groups is 1. The summed E-state index contributed by atoms with van der Waals surface area (Å²) in [6, 6.07) is 4.99. The van der Waals surface area contributed by atoms with Crippen molar-refractivity contribution < 1.29 is 17.9 Å². The minimum absolute atomic E-state index is 0.00175. The van der Waals surface area contributed by atoms with Gasteiger partial charge in [-0.25, -0.2) is 12.8 Å². The van der Waals surface area contributed by atoms with Crippen LogP contribution in [-0.2, 0) is 10.0 Å². The number of sulfonamides is 1. The normalized spacial score (nSPS) is 30.9. The Morgan fingerprint density at radius 1 is 1.19 bits per heavy atom. The fraction of sp³-hybridized carbons (Fsp3) is 0.600. The number of aliphatic hydroxyl groups excluding tert-OH is 1. The Bertz CT molecular complexity index is 619. The van der Waals surface area contributed by atoms with E-state index < -0.39 is 21.9 Å². The van der Waals surface area contributed by atoms with Crippen molar-refractivity contribution in [2.75, 3.05) is 6.54 Å². The van der Waals surface area contributed by atoms with E-state index in [0.717, 1.165) is 38.2 Å². The first-order valence-electron chi connectivity index (χ1n) is 7.45. The lowest BCUT2D eigenvalue weighted by Crippen LogP contribution is -2.42. The molecule has 1 aliphatic carbocycles. The molecular formula is C15H20FNO3S. The van der Waals surface area contributed by atoms with Gasteiger partial charge in [0.2, 0.25) is 10.0 Å². The molecule has 21 heavy (non-hydrogen) atoms. The Hall–Kier alpha value is -0.980. The third kappa shape index (κ3) is 2.72. The van der Waals surface area contributed by atoms with E-state index in [1.54, 1.807) is 0 Å². The van der Waals surface area contributed by atoms with Crippen LogP contribution >= 0.6 is 0 Å². The minimum Gasteiger partial charge on any atom is -0.393 e. The second kappa shape index (κ2) is 5.66. The highest BCUT2D eigenvalue weighted by molar-refractivity contribution is 7.89. The fourth-order valence-electron chi connectivity index (χ4n) is 3.67. The molecule has 3 rings (SSSR count). The molecule has 1 heterocycles. The third-order valence-corrected chi connectivity index (χ3v) is 6.60. The van der Waals surface area contributed by atoms with Crippen molar-refractivity contribution >= 4 is 10.0 Å². The van der Waals surface area contributed by atoms with Crippen molar-refractivity contribution in [2.45, 2.75) is 49.1 Å². The summed E-state index contributed by atoms with van der Waals surface area (Å²) in [7, 11) is -3.69. The van der Waals surface area contributed by atoms with Crippen molar-refractivity contribution in [3.8, 4) is 0 Å². The van der Waals surface area contributed by atoms with Crippen LogP contribution in [0, 0.1) is 11.7 Å². The van der Waals surface area contributed by atoms with Crippen molar-refractivity contribution in [1.82, 2.24) is 4.31 Å². The van der Waals surface area contributed by atoms with Crippen molar-refractivity contribution in [2.24, 2.45) is 5.92 Å². The van der Waals surface area contributed by atoms with E-state index in [9.17, 15) is 17.9 Å². The highest BCUT2D eigenvalue weighted by Gasteiger charge is 2.43. The Kier molecular flexibility index (Phi) is 4.03. The van der Waals surface area contributed by atoms with Gasteiger partial charge in [-0.2, -0.15) is 4.31 Å². The van der Waals surface area contributed by atoms with Gasteiger partial charge in [0.15, 0.2) is 0 Å². The first-order valence-corrected chi connectivity index (χ1v) is 8.89. The number of hydrogen-bond donors (Lipinski definition) is 1. The number of benzene rings is 1. The molecule has 0 bridgehead atoms. The number of nitrogens with zero attached hydrogens (tertiary/aromatic N) is 1. The largest absolute Gasteiger partial charge is 0.393 e. The highest BCUT2D eigenvalue weighted by Crippen LogP contribution is 2.38. The van der Waals surface area contributed by atoms with E-state index in [-0.39, 0.29) is 16.9 Å². The molecule has 1 aromatic carbocycles. The molecule has 6 heteroatoms. The first-order chi connectivity index (χ1) is 10.00. The SMILES string of the molecule is O=S(=O)(c1cccc(F)c1)N1CCCC1C1CCCC1O. The second-order valence-electron chi connectivity index (χ2n) is 5.94. The maximum atomic E-state index is 13.3. The molecule has 1 aromatic rings. The van der Waals surface area contributed by atoms with Gasteiger partial charge < -0.3 is 5.11 Å². The minimum atomic E-state index is -3.69. The van der Waals surface area contributed by atoms with Crippen molar-refractivity contribution in [3.05, 3.63) is 30.1 Å². The van der Waals surface area contributed by atoms with Gasteiger partial charge in [0.1, 0.15) is 5.82 Å². The predicted octanol–water partition coefficient (Wildman–Crippen LogP) is 2.14. The highest BCUT2D eigenvalue weighted by atomic mass is 32.2. The van der Waals surface area contributed by atoms with Gasteiger partial charge in [0.25, 0.3) is 0 Å². The first kappa shape index (κ1) is 14.9. The van der Waals surface area contributed by atoms with Crippen molar-refractivity contribution in [3.63, 3.8) is 0 Å². The maximum absolute atomic E-state index is 13.3. The van der Waals surface area contributed by atoms with Crippen LogP contribution < -0.4 is 0 Å². The summed E-state index contributed by atoms with van der Waals surface area (Å²) < 4.78 is 40.3. The Morgan fingerprint density at radius 3 is 2.67 bits per heavy atom. The van der Waals surface area contributed by atoms with Crippen molar-refractivity contribution in [1.29, 1.82) is 0 Å². The van der Waals surface area contributed by atoms with Gasteiger partial charge in [-0.1, -0.05) is 12.5 Å². The lowest BCUT2D eigenvalue weighted by molar-refractivity contribution is 0.0975. The molecule has 0 amide bonds. The summed E-state index contributed by atoms with van der Waals surface area (Å²) in [5, 5.41) is 10.1. The summed E-state index contributed by atoms with van der Waals surface area (Å²) >= 11 is 0. The van der Waals surface area contributed by atoms with Gasteiger partial charge in [-0.15, -0.1) is 0 Å². The van der Waals surface area contributed by atoms with Crippen LogP contribution in [-0.4, -0.2) is 36.5 Å². The topological polar surface area (TPSA) is 57.6 Å². The molecule has 1 aliphatic heterocycles. The van der Waals surface area contributed by atoms with Crippen LogP contribution in [0.15, 0.2) is 29.2 Å². The van der Waals surface area contributed by atoms with Crippen LogP contribution in [0.5, 0.6) is 0 Å². The average molecular weight is 313 g/mol. The third-order valence-electron chi connectivity index (χ3n) is 4.68. The number of rotatable bonds is 3. The quantitative estimate of drug-likeness (QED) is 0.930. The number of halogens is 1. The molecule has 1 N–H and O–H groups in total. The monoisotopic (exact) mass is 313 g/mol. The molecular weight excluding hydrogens is 293 g/mol. The van der Waals surface area contributed by atoms with Crippen LogP contribution in [0.2, 0.25) is 0 Å². The van der Waals surface area contributed by atoms with E-state index in [1.807, 2.05) is 0 Å². The standard InChI is InChI=1S/C15H20FNO3S/c16-11-4-1-5-12(10-11)21(19,20)17-9-3-7-14(17)13-6-2-8-15(13)18/h1,4-5,10,13-15,18H,2-3,6-9H2. The van der Waals surface area contributed by atoms with E-state index in [1.165, 1.54) is 22.5 Å². The number of hydrogen-bond acceptors (Lipinski definition) is 3.